The van der Waals surface area contributed by atoms with E-state index in [1.807, 2.05) is 24.3 Å². The van der Waals surface area contributed by atoms with Crippen LogP contribution in [-0.2, 0) is 0 Å². The van der Waals surface area contributed by atoms with Crippen molar-refractivity contribution in [2.75, 3.05) is 17.7 Å². The molecule has 27 heavy (non-hydrogen) atoms. The average molecular weight is 361 g/mol. The van der Waals surface area contributed by atoms with Gasteiger partial charge in [0.05, 0.1) is 12.7 Å². The molecule has 2 aromatic carbocycles. The van der Waals surface area contributed by atoms with E-state index in [9.17, 15) is 9.59 Å². The van der Waals surface area contributed by atoms with Gasteiger partial charge in [-0.05, 0) is 55.5 Å². The highest BCUT2D eigenvalue weighted by atomic mass is 16.5. The third-order valence-electron chi connectivity index (χ3n) is 3.92. The van der Waals surface area contributed by atoms with E-state index in [1.165, 1.54) is 13.1 Å². The Kier molecular flexibility index (Phi) is 5.47. The predicted octanol–water partition coefficient (Wildman–Crippen LogP) is 4.29. The van der Waals surface area contributed by atoms with Crippen LogP contribution in [0.4, 0.5) is 17.2 Å². The van der Waals surface area contributed by atoms with Gasteiger partial charge in [0.25, 0.3) is 5.91 Å². The van der Waals surface area contributed by atoms with Gasteiger partial charge in [-0.1, -0.05) is 12.1 Å². The monoisotopic (exact) mass is 361 g/mol. The number of ketones is 1. The minimum Gasteiger partial charge on any atom is -0.497 e. The maximum absolute atomic E-state index is 12.4. The molecule has 2 N–H and O–H groups in total. The van der Waals surface area contributed by atoms with Crippen LogP contribution in [0.15, 0.2) is 66.9 Å². The third kappa shape index (κ3) is 4.70. The minimum atomic E-state index is -0.292. The second-order valence-electron chi connectivity index (χ2n) is 5.88. The first-order valence-corrected chi connectivity index (χ1v) is 8.34. The molecule has 6 nitrogen and oxygen atoms in total. The summed E-state index contributed by atoms with van der Waals surface area (Å²) >= 11 is 0. The molecule has 0 bridgehead atoms. The lowest BCUT2D eigenvalue weighted by atomic mass is 10.1. The first-order chi connectivity index (χ1) is 13.0. The minimum absolute atomic E-state index is 0.0540. The maximum Gasteiger partial charge on any atom is 0.257 e. The number of nitrogens with zero attached hydrogens (tertiary/aromatic N) is 1. The van der Waals surface area contributed by atoms with Crippen LogP contribution in [0.2, 0.25) is 0 Å². The van der Waals surface area contributed by atoms with Crippen LogP contribution in [-0.4, -0.2) is 23.8 Å². The first-order valence-electron chi connectivity index (χ1n) is 8.34. The number of carbonyl (C=O) groups is 2. The Bertz CT molecular complexity index is 951. The number of hydrogen-bond donors (Lipinski definition) is 2. The van der Waals surface area contributed by atoms with E-state index in [1.54, 1.807) is 43.5 Å². The number of amides is 1. The van der Waals surface area contributed by atoms with Crippen molar-refractivity contribution >= 4 is 28.9 Å². The fraction of sp³-hybridized carbons (Fsp3) is 0.0952. The summed E-state index contributed by atoms with van der Waals surface area (Å²) in [6.45, 7) is 1.49. The zero-order valence-corrected chi connectivity index (χ0v) is 15.0. The van der Waals surface area contributed by atoms with Crippen molar-refractivity contribution < 1.29 is 14.3 Å². The van der Waals surface area contributed by atoms with E-state index in [0.717, 1.165) is 11.4 Å². The van der Waals surface area contributed by atoms with E-state index < -0.39 is 0 Å². The summed E-state index contributed by atoms with van der Waals surface area (Å²) in [4.78, 5) is 28.1. The van der Waals surface area contributed by atoms with Crippen molar-refractivity contribution in [2.24, 2.45) is 0 Å². The van der Waals surface area contributed by atoms with Crippen LogP contribution in [0.3, 0.4) is 0 Å². The summed E-state index contributed by atoms with van der Waals surface area (Å²) in [6, 6.07) is 17.7. The van der Waals surface area contributed by atoms with Gasteiger partial charge in [-0.25, -0.2) is 4.98 Å². The second kappa shape index (κ2) is 8.14. The van der Waals surface area contributed by atoms with Gasteiger partial charge in [-0.3, -0.25) is 9.59 Å². The normalized spacial score (nSPS) is 10.1. The molecule has 0 saturated carbocycles. The number of carbonyl (C=O) groups excluding carboxylic acids is 2. The highest BCUT2D eigenvalue weighted by molar-refractivity contribution is 6.05. The van der Waals surface area contributed by atoms with Crippen LogP contribution >= 0.6 is 0 Å². The highest BCUT2D eigenvalue weighted by Crippen LogP contribution is 2.19. The van der Waals surface area contributed by atoms with Crippen LogP contribution < -0.4 is 15.4 Å². The molecule has 0 unspecified atom stereocenters. The van der Waals surface area contributed by atoms with Crippen molar-refractivity contribution in [1.29, 1.82) is 0 Å². The summed E-state index contributed by atoms with van der Waals surface area (Å²) in [5.41, 5.74) is 2.39. The Morgan fingerprint density at radius 1 is 0.926 bits per heavy atom. The number of Topliss-reactive ketones (excluding diaryl/α,β-unsaturated/α-hetero) is 1. The molecule has 0 atom stereocenters. The Hall–Kier alpha value is -3.67. The molecule has 0 spiro atoms. The second-order valence-corrected chi connectivity index (χ2v) is 5.88. The van der Waals surface area contributed by atoms with Crippen LogP contribution in [0.5, 0.6) is 5.75 Å². The third-order valence-corrected chi connectivity index (χ3v) is 3.92. The summed E-state index contributed by atoms with van der Waals surface area (Å²) < 4.78 is 5.12. The van der Waals surface area contributed by atoms with Crippen LogP contribution in [0.25, 0.3) is 0 Å². The van der Waals surface area contributed by atoms with Crippen LogP contribution in [0.1, 0.15) is 27.6 Å². The Balaban J connectivity index is 1.66. The molecule has 1 heterocycles. The number of rotatable bonds is 6. The number of methoxy groups -OCH3 is 1. The highest BCUT2D eigenvalue weighted by Gasteiger charge is 2.08. The van der Waals surface area contributed by atoms with Gasteiger partial charge in [0.15, 0.2) is 5.78 Å². The number of aromatic nitrogens is 1. The van der Waals surface area contributed by atoms with Gasteiger partial charge >= 0.3 is 0 Å². The zero-order valence-electron chi connectivity index (χ0n) is 15.0. The molecule has 0 saturated heterocycles. The molecule has 1 amide bonds. The molecular weight excluding hydrogens is 342 g/mol. The van der Waals surface area contributed by atoms with Crippen molar-refractivity contribution in [3.8, 4) is 5.75 Å². The summed E-state index contributed by atoms with van der Waals surface area (Å²) in [5, 5.41) is 5.92. The molecule has 6 heteroatoms. The van der Waals surface area contributed by atoms with Crippen molar-refractivity contribution in [1.82, 2.24) is 4.98 Å². The topological polar surface area (TPSA) is 80.3 Å². The van der Waals surface area contributed by atoms with Gasteiger partial charge in [-0.2, -0.15) is 0 Å². The quantitative estimate of drug-likeness (QED) is 0.640. The molecule has 3 aromatic rings. The number of anilines is 3. The van der Waals surface area contributed by atoms with Crippen molar-refractivity contribution in [3.05, 3.63) is 78.0 Å². The molecule has 3 rings (SSSR count). The molecule has 1 aromatic heterocycles. The van der Waals surface area contributed by atoms with Gasteiger partial charge in [0, 0.05) is 23.1 Å². The Morgan fingerprint density at radius 2 is 1.70 bits per heavy atom. The first kappa shape index (κ1) is 18.1. The SMILES string of the molecule is COc1ccc(Nc2ccc(C(=O)Nc3cccc(C(C)=O)c3)cn2)cc1. The predicted molar refractivity (Wildman–Crippen MR) is 105 cm³/mol. The number of pyridine rings is 1. The lowest BCUT2D eigenvalue weighted by Gasteiger charge is -2.08. The number of nitrogens with one attached hydrogen (secondary N) is 2. The number of benzene rings is 2. The summed E-state index contributed by atoms with van der Waals surface area (Å²) in [5.74, 6) is 1.05. The fourth-order valence-corrected chi connectivity index (χ4v) is 2.44. The van der Waals surface area contributed by atoms with Gasteiger partial charge in [-0.15, -0.1) is 0 Å². The molecule has 136 valence electrons. The van der Waals surface area contributed by atoms with Crippen molar-refractivity contribution in [2.45, 2.75) is 6.92 Å². The standard InChI is InChI=1S/C21H19N3O3/c1-14(25)15-4-3-5-18(12-15)24-21(26)16-6-11-20(22-13-16)23-17-7-9-19(27-2)10-8-17/h3-13H,1-2H3,(H,22,23)(H,24,26). The van der Waals surface area contributed by atoms with Gasteiger partial charge in [0.1, 0.15) is 11.6 Å². The lowest BCUT2D eigenvalue weighted by molar-refractivity contribution is 0.101. The van der Waals surface area contributed by atoms with E-state index in [4.69, 9.17) is 4.74 Å². The zero-order chi connectivity index (χ0) is 19.2. The van der Waals surface area contributed by atoms with Crippen molar-refractivity contribution in [3.63, 3.8) is 0 Å². The average Bonchev–Trinajstić information content (AvgIpc) is 2.69. The molecule has 0 aliphatic carbocycles. The van der Waals surface area contributed by atoms with Gasteiger partial charge < -0.3 is 15.4 Å². The fourth-order valence-electron chi connectivity index (χ4n) is 2.44. The molecule has 0 aliphatic heterocycles. The number of hydrogen-bond acceptors (Lipinski definition) is 5. The molecule has 0 aliphatic rings. The Labute approximate surface area is 157 Å². The van der Waals surface area contributed by atoms with Crippen LogP contribution in [0, 0.1) is 0 Å². The Morgan fingerprint density at radius 3 is 2.33 bits per heavy atom. The maximum atomic E-state index is 12.4. The smallest absolute Gasteiger partial charge is 0.257 e. The summed E-state index contributed by atoms with van der Waals surface area (Å²) in [7, 11) is 1.62. The van der Waals surface area contributed by atoms with E-state index >= 15 is 0 Å². The molecule has 0 fully saturated rings. The largest absolute Gasteiger partial charge is 0.497 e. The van der Waals surface area contributed by atoms with E-state index in [-0.39, 0.29) is 11.7 Å². The lowest BCUT2D eigenvalue weighted by Crippen LogP contribution is -2.12. The number of ether oxygens (including phenoxy) is 1. The summed E-state index contributed by atoms with van der Waals surface area (Å²) in [6.07, 6.45) is 1.50. The van der Waals surface area contributed by atoms with Gasteiger partial charge in [0.2, 0.25) is 0 Å². The molecule has 0 radical (unpaired) electrons. The van der Waals surface area contributed by atoms with E-state index in [2.05, 4.69) is 15.6 Å². The molecular formula is C21H19N3O3. The van der Waals surface area contributed by atoms with E-state index in [0.29, 0.717) is 22.6 Å².